The molecule has 3 aromatic heterocycles. The second-order valence-electron chi connectivity index (χ2n) is 8.10. The molecule has 13 heteroatoms. The molecule has 1 saturated heterocycles. The summed E-state index contributed by atoms with van der Waals surface area (Å²) in [6, 6.07) is 10.4. The number of para-hydroxylation sites is 1. The van der Waals surface area contributed by atoms with E-state index >= 15 is 0 Å². The molecule has 0 bridgehead atoms. The average molecular weight is 571 g/mol. The number of rotatable bonds is 7. The standard InChI is InChI=1S/C22H21Cl2N5O3S3/c23-16-5-1-6-17-20(16)26-22(33-17)29(13-12-27-10-3-9-25-27)21(30)15-4-2-11-28(14-15)35(31,32)19-8-7-18(24)34-19/h1,3,5-10,15H,2,4,11-14H2. The number of benzene rings is 1. The number of amides is 1. The Hall–Kier alpha value is -2.02. The van der Waals surface area contributed by atoms with Crippen molar-refractivity contribution in [1.29, 1.82) is 0 Å². The summed E-state index contributed by atoms with van der Waals surface area (Å²) in [5.41, 5.74) is 0.647. The van der Waals surface area contributed by atoms with Crippen LogP contribution >= 0.6 is 45.9 Å². The predicted octanol–water partition coefficient (Wildman–Crippen LogP) is 5.00. The van der Waals surface area contributed by atoms with Gasteiger partial charge in [-0.1, -0.05) is 40.6 Å². The number of carbonyl (C=O) groups is 1. The van der Waals surface area contributed by atoms with Crippen molar-refractivity contribution in [2.75, 3.05) is 24.5 Å². The van der Waals surface area contributed by atoms with E-state index in [1.165, 1.54) is 21.7 Å². The molecule has 4 heterocycles. The van der Waals surface area contributed by atoms with Crippen molar-refractivity contribution in [1.82, 2.24) is 19.1 Å². The smallest absolute Gasteiger partial charge is 0.252 e. The average Bonchev–Trinajstić information content (AvgIpc) is 3.61. The summed E-state index contributed by atoms with van der Waals surface area (Å²) in [6.45, 7) is 1.30. The highest BCUT2D eigenvalue weighted by Crippen LogP contribution is 2.35. The number of thiophene rings is 1. The van der Waals surface area contributed by atoms with Crippen LogP contribution in [0.25, 0.3) is 10.2 Å². The lowest BCUT2D eigenvalue weighted by atomic mass is 9.98. The minimum absolute atomic E-state index is 0.112. The molecule has 0 saturated carbocycles. The Morgan fingerprint density at radius 2 is 2.03 bits per heavy atom. The zero-order valence-corrected chi connectivity index (χ0v) is 22.3. The molecule has 1 unspecified atom stereocenters. The summed E-state index contributed by atoms with van der Waals surface area (Å²) in [5, 5.41) is 5.29. The van der Waals surface area contributed by atoms with Crippen molar-refractivity contribution in [2.24, 2.45) is 5.92 Å². The van der Waals surface area contributed by atoms with Crippen LogP contribution in [0.5, 0.6) is 0 Å². The third-order valence-electron chi connectivity index (χ3n) is 5.84. The van der Waals surface area contributed by atoms with Crippen molar-refractivity contribution >= 4 is 77.2 Å². The summed E-state index contributed by atoms with van der Waals surface area (Å²) in [5.74, 6) is -0.648. The normalized spacial score (nSPS) is 17.1. The lowest BCUT2D eigenvalue weighted by molar-refractivity contribution is -0.123. The van der Waals surface area contributed by atoms with E-state index in [0.717, 1.165) is 16.0 Å². The molecule has 0 spiro atoms. The maximum Gasteiger partial charge on any atom is 0.252 e. The number of aromatic nitrogens is 3. The van der Waals surface area contributed by atoms with Gasteiger partial charge < -0.3 is 0 Å². The zero-order valence-electron chi connectivity index (χ0n) is 18.4. The van der Waals surface area contributed by atoms with Crippen LogP contribution in [0.4, 0.5) is 5.13 Å². The van der Waals surface area contributed by atoms with Crippen molar-refractivity contribution in [3.63, 3.8) is 0 Å². The highest BCUT2D eigenvalue weighted by molar-refractivity contribution is 7.91. The zero-order chi connectivity index (χ0) is 24.6. The third kappa shape index (κ3) is 5.11. The maximum absolute atomic E-state index is 13.8. The molecular weight excluding hydrogens is 549 g/mol. The summed E-state index contributed by atoms with van der Waals surface area (Å²) >= 11 is 14.7. The van der Waals surface area contributed by atoms with E-state index in [0.29, 0.717) is 52.5 Å². The van der Waals surface area contributed by atoms with Crippen LogP contribution in [0.2, 0.25) is 9.36 Å². The van der Waals surface area contributed by atoms with Gasteiger partial charge in [-0.05, 0) is 43.2 Å². The minimum atomic E-state index is -3.72. The number of thiazole rings is 1. The Morgan fingerprint density at radius 1 is 1.17 bits per heavy atom. The second-order valence-corrected chi connectivity index (χ2v) is 13.4. The molecule has 1 amide bonds. The summed E-state index contributed by atoms with van der Waals surface area (Å²) in [4.78, 5) is 20.1. The van der Waals surface area contributed by atoms with Crippen LogP contribution in [-0.4, -0.2) is 53.0 Å². The number of piperidine rings is 1. The number of nitrogens with zero attached hydrogens (tertiary/aromatic N) is 5. The summed E-state index contributed by atoms with van der Waals surface area (Å²) in [6.07, 6.45) is 4.71. The van der Waals surface area contributed by atoms with Crippen LogP contribution in [0, 0.1) is 5.92 Å². The van der Waals surface area contributed by atoms with Crippen LogP contribution < -0.4 is 4.90 Å². The van der Waals surface area contributed by atoms with Crippen LogP contribution in [-0.2, 0) is 21.4 Å². The first kappa shape index (κ1) is 24.7. The number of carbonyl (C=O) groups excluding carboxylic acids is 1. The Morgan fingerprint density at radius 3 is 2.74 bits per heavy atom. The topological polar surface area (TPSA) is 88.4 Å². The molecule has 4 aromatic rings. The van der Waals surface area contributed by atoms with Gasteiger partial charge in [0.1, 0.15) is 9.73 Å². The van der Waals surface area contributed by atoms with Gasteiger partial charge in [-0.25, -0.2) is 13.4 Å². The lowest BCUT2D eigenvalue weighted by Gasteiger charge is -2.33. The van der Waals surface area contributed by atoms with Gasteiger partial charge in [0, 0.05) is 32.0 Å². The van der Waals surface area contributed by atoms with Crippen LogP contribution in [0.3, 0.4) is 0 Å². The molecule has 1 aliphatic heterocycles. The Kier molecular flexibility index (Phi) is 7.16. The van der Waals surface area contributed by atoms with Crippen LogP contribution in [0.1, 0.15) is 12.8 Å². The molecule has 1 atom stereocenters. The molecule has 8 nitrogen and oxygen atoms in total. The molecule has 1 aromatic carbocycles. The van der Waals surface area contributed by atoms with Gasteiger partial charge in [0.15, 0.2) is 5.13 Å². The molecule has 35 heavy (non-hydrogen) atoms. The van der Waals surface area contributed by atoms with Gasteiger partial charge in [0.05, 0.1) is 26.5 Å². The number of hydrogen-bond donors (Lipinski definition) is 0. The number of hydrogen-bond acceptors (Lipinski definition) is 7. The number of sulfonamides is 1. The number of anilines is 1. The van der Waals surface area contributed by atoms with E-state index < -0.39 is 15.9 Å². The van der Waals surface area contributed by atoms with E-state index in [4.69, 9.17) is 23.2 Å². The quantitative estimate of drug-likeness (QED) is 0.312. The van der Waals surface area contributed by atoms with E-state index in [9.17, 15) is 13.2 Å². The molecule has 0 radical (unpaired) electrons. The highest BCUT2D eigenvalue weighted by atomic mass is 35.5. The largest absolute Gasteiger partial charge is 0.286 e. The SMILES string of the molecule is O=C(C1CCCN(S(=O)(=O)c2ccc(Cl)s2)C1)N(CCn1cccn1)c1nc2c(Cl)cccc2s1. The first-order valence-electron chi connectivity index (χ1n) is 10.9. The van der Waals surface area contributed by atoms with Crippen molar-refractivity contribution < 1.29 is 13.2 Å². The van der Waals surface area contributed by atoms with Crippen molar-refractivity contribution in [3.8, 4) is 0 Å². The Labute approximate surface area is 220 Å². The lowest BCUT2D eigenvalue weighted by Crippen LogP contribution is -2.47. The van der Waals surface area contributed by atoms with E-state index in [1.807, 2.05) is 24.4 Å². The predicted molar refractivity (Wildman–Crippen MR) is 140 cm³/mol. The van der Waals surface area contributed by atoms with Gasteiger partial charge >= 0.3 is 0 Å². The second kappa shape index (κ2) is 10.2. The highest BCUT2D eigenvalue weighted by Gasteiger charge is 2.36. The third-order valence-corrected chi connectivity index (χ3v) is 10.8. The number of fused-ring (bicyclic) bond motifs is 1. The molecule has 5 rings (SSSR count). The molecular formula is C22H21Cl2N5O3S3. The van der Waals surface area contributed by atoms with E-state index in [-0.39, 0.29) is 16.7 Å². The van der Waals surface area contributed by atoms with Gasteiger partial charge in [-0.2, -0.15) is 9.40 Å². The molecule has 0 N–H and O–H groups in total. The van der Waals surface area contributed by atoms with E-state index in [2.05, 4.69) is 10.1 Å². The first-order chi connectivity index (χ1) is 16.8. The van der Waals surface area contributed by atoms with Gasteiger partial charge in [-0.15, -0.1) is 11.3 Å². The van der Waals surface area contributed by atoms with Gasteiger partial charge in [0.2, 0.25) is 5.91 Å². The van der Waals surface area contributed by atoms with Crippen molar-refractivity contribution in [3.05, 3.63) is 58.2 Å². The first-order valence-corrected chi connectivity index (χ1v) is 14.7. The summed E-state index contributed by atoms with van der Waals surface area (Å²) in [7, 11) is -3.72. The molecule has 1 fully saturated rings. The molecule has 184 valence electrons. The fourth-order valence-corrected chi connectivity index (χ4v) is 8.56. The fourth-order valence-electron chi connectivity index (χ4n) is 4.10. The fraction of sp³-hybridized carbons (Fsp3) is 0.318. The van der Waals surface area contributed by atoms with Crippen LogP contribution in [0.15, 0.2) is 53.0 Å². The summed E-state index contributed by atoms with van der Waals surface area (Å²) < 4.78 is 30.9. The maximum atomic E-state index is 13.8. The molecule has 0 aliphatic carbocycles. The van der Waals surface area contributed by atoms with Gasteiger partial charge in [0.25, 0.3) is 10.0 Å². The Balaban J connectivity index is 1.42. The Bertz CT molecular complexity index is 1450. The van der Waals surface area contributed by atoms with E-state index in [1.54, 1.807) is 27.9 Å². The monoisotopic (exact) mass is 569 g/mol. The minimum Gasteiger partial charge on any atom is -0.286 e. The van der Waals surface area contributed by atoms with Gasteiger partial charge in [-0.3, -0.25) is 14.4 Å². The molecule has 1 aliphatic rings. The van der Waals surface area contributed by atoms with Crippen molar-refractivity contribution in [2.45, 2.75) is 23.6 Å². The number of halogens is 2.